The summed E-state index contributed by atoms with van der Waals surface area (Å²) in [5.41, 5.74) is 2.80. The van der Waals surface area contributed by atoms with Gasteiger partial charge in [-0.25, -0.2) is 0 Å². The number of nitrogens with zero attached hydrogens (tertiary/aromatic N) is 1. The third kappa shape index (κ3) is 2.47. The van der Waals surface area contributed by atoms with E-state index in [2.05, 4.69) is 20.9 Å². The Hall–Kier alpha value is -2.07. The van der Waals surface area contributed by atoms with E-state index in [1.165, 1.54) is 0 Å². The normalized spacial score (nSPS) is 14.4. The number of Topliss-reactive ketones (excluding diaryl/α,β-unsaturated/α-hetero) is 2. The minimum absolute atomic E-state index is 0.0719. The summed E-state index contributed by atoms with van der Waals surface area (Å²) >= 11 is 3.33. The van der Waals surface area contributed by atoms with Crippen molar-refractivity contribution < 1.29 is 9.59 Å². The molecule has 1 aliphatic carbocycles. The third-order valence-corrected chi connectivity index (χ3v) is 4.10. The van der Waals surface area contributed by atoms with Crippen LogP contribution >= 0.6 is 15.9 Å². The number of allylic oxidation sites excluding steroid dienone is 2. The summed E-state index contributed by atoms with van der Waals surface area (Å²) in [5, 5.41) is 0. The maximum absolute atomic E-state index is 12.6. The Morgan fingerprint density at radius 1 is 1.00 bits per heavy atom. The number of carbonyl (C=O) groups excluding carboxylic acids is 2. The van der Waals surface area contributed by atoms with Gasteiger partial charge in [-0.15, -0.1) is 0 Å². The zero-order valence-corrected chi connectivity index (χ0v) is 13.0. The molecular formula is C17H12BrNO2. The van der Waals surface area contributed by atoms with Crippen molar-refractivity contribution in [3.05, 3.63) is 75.0 Å². The number of hydrogen-bond donors (Lipinski definition) is 0. The lowest BCUT2D eigenvalue weighted by molar-refractivity contribution is 0.0973. The van der Waals surface area contributed by atoms with E-state index in [9.17, 15) is 9.59 Å². The van der Waals surface area contributed by atoms with Crippen molar-refractivity contribution in [2.24, 2.45) is 0 Å². The fourth-order valence-corrected chi connectivity index (χ4v) is 2.69. The van der Waals surface area contributed by atoms with Crippen LogP contribution in [0.1, 0.15) is 33.3 Å². The quantitative estimate of drug-likeness (QED) is 0.834. The molecule has 2 aromatic rings. The van der Waals surface area contributed by atoms with E-state index < -0.39 is 0 Å². The van der Waals surface area contributed by atoms with Crippen LogP contribution < -0.4 is 0 Å². The van der Waals surface area contributed by atoms with Gasteiger partial charge in [-0.3, -0.25) is 14.6 Å². The summed E-state index contributed by atoms with van der Waals surface area (Å²) in [5.74, 6) is -0.148. The van der Waals surface area contributed by atoms with Crippen LogP contribution in [-0.2, 0) is 6.42 Å². The summed E-state index contributed by atoms with van der Waals surface area (Å²) in [6.07, 6.45) is 2.06. The molecule has 0 radical (unpaired) electrons. The lowest BCUT2D eigenvalue weighted by Crippen LogP contribution is -2.22. The maximum atomic E-state index is 12.6. The molecule has 0 N–H and O–H groups in total. The van der Waals surface area contributed by atoms with Gasteiger partial charge < -0.3 is 0 Å². The molecule has 0 amide bonds. The molecule has 0 unspecified atom stereocenters. The largest absolute Gasteiger partial charge is 0.289 e. The Labute approximate surface area is 130 Å². The Kier molecular flexibility index (Phi) is 3.55. The number of ketones is 2. The van der Waals surface area contributed by atoms with Crippen LogP contribution in [0.3, 0.4) is 0 Å². The smallest absolute Gasteiger partial charge is 0.190 e. The standard InChI is InChI=1S/C17H12BrNO2/c1-10-15(8-12-7-6-11(18)9-19-12)17(21)14-5-3-2-4-13(14)16(10)20/h2-7,9H,8H2,1H3. The second-order valence-electron chi connectivity index (χ2n) is 4.95. The molecule has 4 heteroatoms. The Bertz CT molecular complexity index is 776. The van der Waals surface area contributed by atoms with E-state index in [1.54, 1.807) is 37.4 Å². The average Bonchev–Trinajstić information content (AvgIpc) is 2.51. The molecule has 3 nitrogen and oxygen atoms in total. The molecular weight excluding hydrogens is 330 g/mol. The molecule has 0 atom stereocenters. The third-order valence-electron chi connectivity index (χ3n) is 3.63. The number of benzene rings is 1. The number of fused-ring (bicyclic) bond motifs is 1. The topological polar surface area (TPSA) is 47.0 Å². The molecule has 0 saturated carbocycles. The van der Waals surface area contributed by atoms with Gasteiger partial charge in [0, 0.05) is 45.1 Å². The number of aromatic nitrogens is 1. The molecule has 0 spiro atoms. The van der Waals surface area contributed by atoms with Gasteiger partial charge in [-0.05, 0) is 35.0 Å². The summed E-state index contributed by atoms with van der Waals surface area (Å²) in [7, 11) is 0. The minimum Gasteiger partial charge on any atom is -0.289 e. The number of halogens is 1. The van der Waals surface area contributed by atoms with Crippen LogP contribution in [0.25, 0.3) is 0 Å². The lowest BCUT2D eigenvalue weighted by Gasteiger charge is -2.18. The maximum Gasteiger partial charge on any atom is 0.190 e. The van der Waals surface area contributed by atoms with Gasteiger partial charge >= 0.3 is 0 Å². The molecule has 1 aromatic heterocycles. The van der Waals surface area contributed by atoms with Crippen molar-refractivity contribution in [1.29, 1.82) is 0 Å². The fraction of sp³-hybridized carbons (Fsp3) is 0.118. The minimum atomic E-state index is -0.0765. The monoisotopic (exact) mass is 341 g/mol. The van der Waals surface area contributed by atoms with E-state index in [0.29, 0.717) is 28.7 Å². The van der Waals surface area contributed by atoms with Gasteiger partial charge in [0.25, 0.3) is 0 Å². The molecule has 3 rings (SSSR count). The van der Waals surface area contributed by atoms with Crippen molar-refractivity contribution in [2.75, 3.05) is 0 Å². The van der Waals surface area contributed by atoms with E-state index in [0.717, 1.165) is 10.2 Å². The summed E-state index contributed by atoms with van der Waals surface area (Å²) in [6.45, 7) is 1.71. The van der Waals surface area contributed by atoms with Gasteiger partial charge in [0.15, 0.2) is 11.6 Å². The van der Waals surface area contributed by atoms with E-state index in [1.807, 2.05) is 12.1 Å². The molecule has 104 valence electrons. The molecule has 0 saturated heterocycles. The molecule has 0 bridgehead atoms. The van der Waals surface area contributed by atoms with Crippen LogP contribution in [0.2, 0.25) is 0 Å². The second-order valence-corrected chi connectivity index (χ2v) is 5.87. The predicted molar refractivity (Wildman–Crippen MR) is 83.4 cm³/mol. The summed E-state index contributed by atoms with van der Waals surface area (Å²) in [4.78, 5) is 29.3. The van der Waals surface area contributed by atoms with Gasteiger partial charge in [-0.1, -0.05) is 24.3 Å². The van der Waals surface area contributed by atoms with Gasteiger partial charge in [0.1, 0.15) is 0 Å². The fourth-order valence-electron chi connectivity index (χ4n) is 2.46. The van der Waals surface area contributed by atoms with Crippen LogP contribution in [0.4, 0.5) is 0 Å². The predicted octanol–water partition coefficient (Wildman–Crippen LogP) is 3.78. The molecule has 1 aliphatic rings. The first-order valence-electron chi connectivity index (χ1n) is 6.56. The van der Waals surface area contributed by atoms with Crippen LogP contribution in [0.15, 0.2) is 58.2 Å². The summed E-state index contributed by atoms with van der Waals surface area (Å²) < 4.78 is 0.883. The highest BCUT2D eigenvalue weighted by atomic mass is 79.9. The number of hydrogen-bond acceptors (Lipinski definition) is 3. The SMILES string of the molecule is CC1=C(Cc2ccc(Br)cn2)C(=O)c2ccccc2C1=O. The Morgan fingerprint density at radius 2 is 1.67 bits per heavy atom. The molecule has 0 aliphatic heterocycles. The van der Waals surface area contributed by atoms with E-state index in [4.69, 9.17) is 0 Å². The molecule has 21 heavy (non-hydrogen) atoms. The number of carbonyl (C=O) groups is 2. The highest BCUT2D eigenvalue weighted by molar-refractivity contribution is 9.10. The van der Waals surface area contributed by atoms with Gasteiger partial charge in [0.2, 0.25) is 0 Å². The average molecular weight is 342 g/mol. The first-order valence-corrected chi connectivity index (χ1v) is 7.36. The highest BCUT2D eigenvalue weighted by Gasteiger charge is 2.29. The lowest BCUT2D eigenvalue weighted by atomic mass is 9.83. The summed E-state index contributed by atoms with van der Waals surface area (Å²) in [6, 6.07) is 10.7. The highest BCUT2D eigenvalue weighted by Crippen LogP contribution is 2.27. The second kappa shape index (κ2) is 5.37. The molecule has 0 fully saturated rings. The van der Waals surface area contributed by atoms with Crippen molar-refractivity contribution in [2.45, 2.75) is 13.3 Å². The molecule has 1 heterocycles. The van der Waals surface area contributed by atoms with E-state index >= 15 is 0 Å². The zero-order chi connectivity index (χ0) is 15.0. The van der Waals surface area contributed by atoms with Gasteiger partial charge in [-0.2, -0.15) is 0 Å². The Balaban J connectivity index is 2.02. The molecule has 1 aromatic carbocycles. The van der Waals surface area contributed by atoms with Crippen LogP contribution in [0.5, 0.6) is 0 Å². The van der Waals surface area contributed by atoms with Crippen molar-refractivity contribution in [1.82, 2.24) is 4.98 Å². The van der Waals surface area contributed by atoms with Crippen LogP contribution in [-0.4, -0.2) is 16.6 Å². The Morgan fingerprint density at radius 3 is 2.29 bits per heavy atom. The van der Waals surface area contributed by atoms with Crippen molar-refractivity contribution in [3.63, 3.8) is 0 Å². The first kappa shape index (κ1) is 13.9. The van der Waals surface area contributed by atoms with Crippen molar-refractivity contribution in [3.8, 4) is 0 Å². The van der Waals surface area contributed by atoms with Gasteiger partial charge in [0.05, 0.1) is 0 Å². The van der Waals surface area contributed by atoms with Crippen LogP contribution in [0, 0.1) is 0 Å². The van der Waals surface area contributed by atoms with E-state index in [-0.39, 0.29) is 11.6 Å². The first-order chi connectivity index (χ1) is 10.1. The van der Waals surface area contributed by atoms with Crippen molar-refractivity contribution >= 4 is 27.5 Å². The number of pyridine rings is 1. The zero-order valence-electron chi connectivity index (χ0n) is 11.4. The number of rotatable bonds is 2.